The second-order valence-electron chi connectivity index (χ2n) is 3.87. The number of nitro groups is 1. The molecule has 0 amide bonds. The minimum atomic E-state index is -1.03. The van der Waals surface area contributed by atoms with Crippen LogP contribution in [-0.2, 0) is 0 Å². The molecule has 0 aliphatic heterocycles. The molecule has 0 saturated heterocycles. The van der Waals surface area contributed by atoms with Crippen molar-refractivity contribution in [1.29, 1.82) is 0 Å². The van der Waals surface area contributed by atoms with Crippen molar-refractivity contribution in [2.75, 3.05) is 0 Å². The molecule has 0 radical (unpaired) electrons. The van der Waals surface area contributed by atoms with Gasteiger partial charge in [0.15, 0.2) is 0 Å². The Labute approximate surface area is 78.1 Å². The first kappa shape index (κ1) is 10.4. The fourth-order valence-corrected chi connectivity index (χ4v) is 2.22. The Balaban J connectivity index is 2.68. The summed E-state index contributed by atoms with van der Waals surface area (Å²) in [5.74, 6) is 0. The van der Waals surface area contributed by atoms with Crippen molar-refractivity contribution < 1.29 is 10.0 Å². The van der Waals surface area contributed by atoms with E-state index in [2.05, 4.69) is 0 Å². The van der Waals surface area contributed by atoms with Gasteiger partial charge in [-0.05, 0) is 12.8 Å². The van der Waals surface area contributed by atoms with E-state index in [-0.39, 0.29) is 4.92 Å². The Kier molecular flexibility index (Phi) is 3.25. The molecular weight excluding hydrogens is 170 g/mol. The Morgan fingerprint density at radius 2 is 2.00 bits per heavy atom. The van der Waals surface area contributed by atoms with Crippen LogP contribution in [0.1, 0.15) is 45.4 Å². The summed E-state index contributed by atoms with van der Waals surface area (Å²) < 4.78 is 0. The summed E-state index contributed by atoms with van der Waals surface area (Å²) >= 11 is 0. The monoisotopic (exact) mass is 187 g/mol. The molecule has 0 aromatic rings. The SMILES string of the molecule is CCC([N+](=O)[O-])C1(O)CCCCC1. The van der Waals surface area contributed by atoms with Crippen LogP contribution in [0.25, 0.3) is 0 Å². The van der Waals surface area contributed by atoms with Gasteiger partial charge in [0.1, 0.15) is 5.60 Å². The molecule has 1 saturated carbocycles. The van der Waals surface area contributed by atoms with E-state index in [1.54, 1.807) is 6.92 Å². The van der Waals surface area contributed by atoms with Gasteiger partial charge in [-0.2, -0.15) is 0 Å². The van der Waals surface area contributed by atoms with Gasteiger partial charge in [-0.15, -0.1) is 0 Å². The summed E-state index contributed by atoms with van der Waals surface area (Å²) in [6.07, 6.45) is 4.53. The van der Waals surface area contributed by atoms with E-state index in [4.69, 9.17) is 0 Å². The second kappa shape index (κ2) is 4.05. The lowest BCUT2D eigenvalue weighted by Gasteiger charge is -2.33. The smallest absolute Gasteiger partial charge is 0.241 e. The first-order valence-electron chi connectivity index (χ1n) is 4.96. The highest BCUT2D eigenvalue weighted by molar-refractivity contribution is 4.88. The molecule has 1 fully saturated rings. The molecule has 0 bridgehead atoms. The molecule has 1 aliphatic rings. The first-order chi connectivity index (χ1) is 6.10. The highest BCUT2D eigenvalue weighted by Gasteiger charge is 2.44. The Hall–Kier alpha value is -0.640. The number of rotatable bonds is 3. The van der Waals surface area contributed by atoms with Gasteiger partial charge in [-0.1, -0.05) is 26.2 Å². The van der Waals surface area contributed by atoms with Crippen LogP contribution in [-0.4, -0.2) is 21.7 Å². The number of hydrogen-bond donors (Lipinski definition) is 1. The van der Waals surface area contributed by atoms with Crippen LogP contribution < -0.4 is 0 Å². The Bertz CT molecular complexity index is 187. The molecule has 0 aromatic heterocycles. The van der Waals surface area contributed by atoms with Crippen molar-refractivity contribution >= 4 is 0 Å². The molecule has 13 heavy (non-hydrogen) atoms. The van der Waals surface area contributed by atoms with E-state index in [1.165, 1.54) is 0 Å². The lowest BCUT2D eigenvalue weighted by atomic mass is 9.79. The maximum atomic E-state index is 10.7. The zero-order valence-corrected chi connectivity index (χ0v) is 8.03. The number of hydrogen-bond acceptors (Lipinski definition) is 3. The molecule has 4 nitrogen and oxygen atoms in total. The van der Waals surface area contributed by atoms with Gasteiger partial charge in [-0.3, -0.25) is 10.1 Å². The molecule has 1 unspecified atom stereocenters. The van der Waals surface area contributed by atoms with Gasteiger partial charge >= 0.3 is 0 Å². The predicted molar refractivity (Wildman–Crippen MR) is 49.1 cm³/mol. The minimum absolute atomic E-state index is 0.328. The maximum Gasteiger partial charge on any atom is 0.241 e. The topological polar surface area (TPSA) is 63.4 Å². The fourth-order valence-electron chi connectivity index (χ4n) is 2.22. The highest BCUT2D eigenvalue weighted by Crippen LogP contribution is 2.33. The lowest BCUT2D eigenvalue weighted by Crippen LogP contribution is -2.47. The standard InChI is InChI=1S/C9H17NO3/c1-2-8(10(12)13)9(11)6-4-3-5-7-9/h8,11H,2-7H2,1H3. The third kappa shape index (κ3) is 2.18. The summed E-state index contributed by atoms with van der Waals surface area (Å²) in [6.45, 7) is 1.76. The van der Waals surface area contributed by atoms with E-state index >= 15 is 0 Å². The number of aliphatic hydroxyl groups is 1. The van der Waals surface area contributed by atoms with Gasteiger partial charge in [-0.25, -0.2) is 0 Å². The van der Waals surface area contributed by atoms with Gasteiger partial charge in [0.05, 0.1) is 0 Å². The third-order valence-corrected chi connectivity index (χ3v) is 2.98. The van der Waals surface area contributed by atoms with Crippen LogP contribution in [0, 0.1) is 10.1 Å². The molecule has 0 aromatic carbocycles. The third-order valence-electron chi connectivity index (χ3n) is 2.98. The van der Waals surface area contributed by atoms with Gasteiger partial charge < -0.3 is 5.11 Å². The van der Waals surface area contributed by atoms with Crippen LogP contribution in [0.4, 0.5) is 0 Å². The van der Waals surface area contributed by atoms with E-state index in [0.29, 0.717) is 19.3 Å². The molecule has 1 atom stereocenters. The zero-order chi connectivity index (χ0) is 9.90. The summed E-state index contributed by atoms with van der Waals surface area (Å²) in [6, 6.07) is -0.771. The Morgan fingerprint density at radius 1 is 1.46 bits per heavy atom. The molecule has 0 heterocycles. The van der Waals surface area contributed by atoms with Gasteiger partial charge in [0.2, 0.25) is 6.04 Å². The quantitative estimate of drug-likeness (QED) is 0.540. The maximum absolute atomic E-state index is 10.7. The van der Waals surface area contributed by atoms with Crippen LogP contribution in [0.3, 0.4) is 0 Å². The van der Waals surface area contributed by atoms with Crippen molar-refractivity contribution in [3.05, 3.63) is 10.1 Å². The molecule has 1 rings (SSSR count). The van der Waals surface area contributed by atoms with Crippen LogP contribution in [0.5, 0.6) is 0 Å². The molecule has 1 aliphatic carbocycles. The van der Waals surface area contributed by atoms with E-state index < -0.39 is 11.6 Å². The summed E-state index contributed by atoms with van der Waals surface area (Å²) in [4.78, 5) is 10.4. The molecule has 1 N–H and O–H groups in total. The van der Waals surface area contributed by atoms with Crippen molar-refractivity contribution in [2.24, 2.45) is 0 Å². The van der Waals surface area contributed by atoms with E-state index in [0.717, 1.165) is 19.3 Å². The van der Waals surface area contributed by atoms with Crippen molar-refractivity contribution in [2.45, 2.75) is 57.1 Å². The second-order valence-corrected chi connectivity index (χ2v) is 3.87. The van der Waals surface area contributed by atoms with Crippen LogP contribution in [0.2, 0.25) is 0 Å². The van der Waals surface area contributed by atoms with Gasteiger partial charge in [0.25, 0.3) is 0 Å². The normalized spacial score (nSPS) is 23.8. The average Bonchev–Trinajstić information content (AvgIpc) is 2.05. The average molecular weight is 187 g/mol. The highest BCUT2D eigenvalue weighted by atomic mass is 16.6. The lowest BCUT2D eigenvalue weighted by molar-refractivity contribution is -0.547. The fraction of sp³-hybridized carbons (Fsp3) is 1.00. The van der Waals surface area contributed by atoms with Crippen LogP contribution >= 0.6 is 0 Å². The summed E-state index contributed by atoms with van der Waals surface area (Å²) in [5.41, 5.74) is -1.03. The zero-order valence-electron chi connectivity index (χ0n) is 8.03. The molecule has 76 valence electrons. The molecule has 0 spiro atoms. The first-order valence-corrected chi connectivity index (χ1v) is 4.96. The molecular formula is C9H17NO3. The minimum Gasteiger partial charge on any atom is -0.383 e. The van der Waals surface area contributed by atoms with Crippen LogP contribution in [0.15, 0.2) is 0 Å². The van der Waals surface area contributed by atoms with Crippen molar-refractivity contribution in [3.63, 3.8) is 0 Å². The van der Waals surface area contributed by atoms with E-state index in [9.17, 15) is 15.2 Å². The van der Waals surface area contributed by atoms with Gasteiger partial charge in [0, 0.05) is 11.3 Å². The van der Waals surface area contributed by atoms with E-state index in [1.807, 2.05) is 0 Å². The predicted octanol–water partition coefficient (Wildman–Crippen LogP) is 1.74. The Morgan fingerprint density at radius 3 is 2.38 bits per heavy atom. The van der Waals surface area contributed by atoms with Crippen molar-refractivity contribution in [1.82, 2.24) is 0 Å². The largest absolute Gasteiger partial charge is 0.383 e. The van der Waals surface area contributed by atoms with Crippen molar-refractivity contribution in [3.8, 4) is 0 Å². The number of nitrogens with zero attached hydrogens (tertiary/aromatic N) is 1. The summed E-state index contributed by atoms with van der Waals surface area (Å²) in [7, 11) is 0. The molecule has 4 heteroatoms. The summed E-state index contributed by atoms with van der Waals surface area (Å²) in [5, 5.41) is 20.7.